The molecule has 1 aliphatic rings. The minimum Gasteiger partial charge on any atom is -0.497 e. The maximum absolute atomic E-state index is 5.91. The Bertz CT molecular complexity index is 654. The lowest BCUT2D eigenvalue weighted by atomic mass is 10.1. The number of aryl methyl sites for hydroxylation is 2. The second kappa shape index (κ2) is 7.77. The van der Waals surface area contributed by atoms with Crippen LogP contribution in [0.25, 0.3) is 0 Å². The zero-order valence-electron chi connectivity index (χ0n) is 14.7. The van der Waals surface area contributed by atoms with E-state index in [2.05, 4.69) is 27.1 Å². The molecule has 1 aromatic carbocycles. The largest absolute Gasteiger partial charge is 0.497 e. The van der Waals surface area contributed by atoms with Crippen LogP contribution < -0.4 is 4.74 Å². The number of methoxy groups -OCH3 is 1. The van der Waals surface area contributed by atoms with E-state index in [1.807, 2.05) is 30.7 Å². The molecule has 0 N–H and O–H groups in total. The number of hydrogen-bond acceptors (Lipinski definition) is 5. The molecule has 1 aromatic heterocycles. The quantitative estimate of drug-likeness (QED) is 0.809. The molecule has 0 bridgehead atoms. The van der Waals surface area contributed by atoms with Crippen molar-refractivity contribution in [1.82, 2.24) is 19.7 Å². The van der Waals surface area contributed by atoms with Crippen molar-refractivity contribution in [3.8, 4) is 5.75 Å². The molecule has 3 rings (SSSR count). The summed E-state index contributed by atoms with van der Waals surface area (Å²) in [5.41, 5.74) is 1.33. The number of benzene rings is 1. The first kappa shape index (κ1) is 16.9. The van der Waals surface area contributed by atoms with Gasteiger partial charge < -0.3 is 9.47 Å². The van der Waals surface area contributed by atoms with Crippen LogP contribution in [-0.2, 0) is 17.7 Å². The van der Waals surface area contributed by atoms with E-state index in [4.69, 9.17) is 9.47 Å². The van der Waals surface area contributed by atoms with E-state index in [-0.39, 0.29) is 6.10 Å². The van der Waals surface area contributed by atoms with Crippen molar-refractivity contribution in [3.63, 3.8) is 0 Å². The van der Waals surface area contributed by atoms with Crippen LogP contribution in [0.4, 0.5) is 0 Å². The highest BCUT2D eigenvalue weighted by molar-refractivity contribution is 5.27. The van der Waals surface area contributed by atoms with Crippen molar-refractivity contribution < 1.29 is 9.47 Å². The summed E-state index contributed by atoms with van der Waals surface area (Å²) in [6.45, 7) is 8.43. The summed E-state index contributed by atoms with van der Waals surface area (Å²) in [5.74, 6) is 2.68. The molecule has 2 heterocycles. The minimum atomic E-state index is 0.175. The molecule has 1 atom stereocenters. The Hall–Kier alpha value is -1.92. The van der Waals surface area contributed by atoms with Gasteiger partial charge in [-0.2, -0.15) is 5.10 Å². The molecule has 130 valence electrons. The molecule has 0 saturated carbocycles. The molecule has 0 unspecified atom stereocenters. The summed E-state index contributed by atoms with van der Waals surface area (Å²) < 4.78 is 13.1. The standard InChI is InChI=1S/C18H26N4O2/c1-14-19-15(2)22(20-14)13-18-12-21(10-11-24-18)9-8-16-4-6-17(23-3)7-5-16/h4-7,18H,8-13H2,1-3H3/t18-/m0/s1. The number of nitrogens with zero attached hydrogens (tertiary/aromatic N) is 4. The molecule has 6 heteroatoms. The van der Waals surface area contributed by atoms with Crippen molar-refractivity contribution in [2.24, 2.45) is 0 Å². The maximum atomic E-state index is 5.91. The molecule has 1 fully saturated rings. The van der Waals surface area contributed by atoms with Gasteiger partial charge in [-0.25, -0.2) is 9.67 Å². The van der Waals surface area contributed by atoms with E-state index in [1.165, 1.54) is 5.56 Å². The molecule has 2 aromatic rings. The van der Waals surface area contributed by atoms with Gasteiger partial charge in [-0.15, -0.1) is 0 Å². The van der Waals surface area contributed by atoms with Crippen molar-refractivity contribution in [2.75, 3.05) is 33.4 Å². The lowest BCUT2D eigenvalue weighted by molar-refractivity contribution is -0.0374. The highest BCUT2D eigenvalue weighted by atomic mass is 16.5. The van der Waals surface area contributed by atoms with Crippen LogP contribution in [-0.4, -0.2) is 59.1 Å². The van der Waals surface area contributed by atoms with Crippen LogP contribution >= 0.6 is 0 Å². The van der Waals surface area contributed by atoms with E-state index >= 15 is 0 Å². The Morgan fingerprint density at radius 3 is 2.71 bits per heavy atom. The third-order valence-electron chi connectivity index (χ3n) is 4.44. The predicted molar refractivity (Wildman–Crippen MR) is 92.4 cm³/mol. The van der Waals surface area contributed by atoms with Crippen LogP contribution in [0, 0.1) is 13.8 Å². The molecule has 6 nitrogen and oxygen atoms in total. The topological polar surface area (TPSA) is 52.4 Å². The number of hydrogen-bond donors (Lipinski definition) is 0. The van der Waals surface area contributed by atoms with Crippen LogP contribution in [0.3, 0.4) is 0 Å². The summed E-state index contributed by atoms with van der Waals surface area (Å²) in [4.78, 5) is 6.83. The molecule has 0 radical (unpaired) electrons. The van der Waals surface area contributed by atoms with Crippen molar-refractivity contribution >= 4 is 0 Å². The van der Waals surface area contributed by atoms with Crippen molar-refractivity contribution in [3.05, 3.63) is 41.5 Å². The van der Waals surface area contributed by atoms with E-state index in [0.717, 1.165) is 56.6 Å². The van der Waals surface area contributed by atoms with Crippen molar-refractivity contribution in [1.29, 1.82) is 0 Å². The van der Waals surface area contributed by atoms with Gasteiger partial charge in [-0.05, 0) is 38.0 Å². The van der Waals surface area contributed by atoms with Gasteiger partial charge in [0, 0.05) is 19.6 Å². The summed E-state index contributed by atoms with van der Waals surface area (Å²) in [6, 6.07) is 8.32. The fourth-order valence-corrected chi connectivity index (χ4v) is 3.10. The zero-order valence-corrected chi connectivity index (χ0v) is 14.7. The minimum absolute atomic E-state index is 0.175. The fourth-order valence-electron chi connectivity index (χ4n) is 3.10. The number of rotatable bonds is 6. The van der Waals surface area contributed by atoms with Gasteiger partial charge >= 0.3 is 0 Å². The molecule has 1 aliphatic heterocycles. The summed E-state index contributed by atoms with van der Waals surface area (Å²) >= 11 is 0. The first-order chi connectivity index (χ1) is 11.6. The van der Waals surface area contributed by atoms with E-state index < -0.39 is 0 Å². The normalized spacial score (nSPS) is 18.7. The predicted octanol–water partition coefficient (Wildman–Crippen LogP) is 1.85. The molecule has 0 spiro atoms. The van der Waals surface area contributed by atoms with Gasteiger partial charge in [0.25, 0.3) is 0 Å². The lowest BCUT2D eigenvalue weighted by Gasteiger charge is -2.33. The number of ether oxygens (including phenoxy) is 2. The Kier molecular flexibility index (Phi) is 5.48. The second-order valence-electron chi connectivity index (χ2n) is 6.28. The number of aromatic nitrogens is 3. The Morgan fingerprint density at radius 2 is 2.04 bits per heavy atom. The van der Waals surface area contributed by atoms with Crippen molar-refractivity contribution in [2.45, 2.75) is 32.9 Å². The highest BCUT2D eigenvalue weighted by Gasteiger charge is 2.21. The summed E-state index contributed by atoms with van der Waals surface area (Å²) in [7, 11) is 1.70. The Balaban J connectivity index is 1.50. The van der Waals surface area contributed by atoms with E-state index in [0.29, 0.717) is 0 Å². The maximum Gasteiger partial charge on any atom is 0.147 e. The fraction of sp³-hybridized carbons (Fsp3) is 0.556. The molecular weight excluding hydrogens is 304 g/mol. The first-order valence-corrected chi connectivity index (χ1v) is 8.49. The molecule has 1 saturated heterocycles. The van der Waals surface area contributed by atoms with E-state index in [9.17, 15) is 0 Å². The monoisotopic (exact) mass is 330 g/mol. The van der Waals surface area contributed by atoms with Gasteiger partial charge in [-0.1, -0.05) is 12.1 Å². The Morgan fingerprint density at radius 1 is 1.25 bits per heavy atom. The number of morpholine rings is 1. The zero-order chi connectivity index (χ0) is 16.9. The molecule has 24 heavy (non-hydrogen) atoms. The third-order valence-corrected chi connectivity index (χ3v) is 4.44. The average Bonchev–Trinajstić information content (AvgIpc) is 2.91. The van der Waals surface area contributed by atoms with Gasteiger partial charge in [-0.3, -0.25) is 4.90 Å². The first-order valence-electron chi connectivity index (χ1n) is 8.49. The Labute approximate surface area is 143 Å². The van der Waals surface area contributed by atoms with Gasteiger partial charge in [0.05, 0.1) is 26.4 Å². The molecular formula is C18H26N4O2. The van der Waals surface area contributed by atoms with Crippen LogP contribution in [0.1, 0.15) is 17.2 Å². The van der Waals surface area contributed by atoms with E-state index in [1.54, 1.807) is 7.11 Å². The summed E-state index contributed by atoms with van der Waals surface area (Å²) in [6.07, 6.45) is 1.22. The van der Waals surface area contributed by atoms with Gasteiger partial charge in [0.15, 0.2) is 0 Å². The van der Waals surface area contributed by atoms with Gasteiger partial charge in [0.1, 0.15) is 17.4 Å². The molecule has 0 aliphatic carbocycles. The average molecular weight is 330 g/mol. The van der Waals surface area contributed by atoms with Crippen LogP contribution in [0.15, 0.2) is 24.3 Å². The second-order valence-corrected chi connectivity index (χ2v) is 6.28. The third kappa shape index (κ3) is 4.33. The smallest absolute Gasteiger partial charge is 0.147 e. The molecule has 0 amide bonds. The highest BCUT2D eigenvalue weighted by Crippen LogP contribution is 2.13. The lowest BCUT2D eigenvalue weighted by Crippen LogP contribution is -2.45. The van der Waals surface area contributed by atoms with Crippen LogP contribution in [0.2, 0.25) is 0 Å². The van der Waals surface area contributed by atoms with Crippen LogP contribution in [0.5, 0.6) is 5.75 Å². The summed E-state index contributed by atoms with van der Waals surface area (Å²) in [5, 5.41) is 4.43. The van der Waals surface area contributed by atoms with Gasteiger partial charge in [0.2, 0.25) is 0 Å². The SMILES string of the molecule is COc1ccc(CCN2CCO[C@H](Cn3nc(C)nc3C)C2)cc1.